The van der Waals surface area contributed by atoms with E-state index >= 15 is 0 Å². The molecular weight excluding hydrogens is 254 g/mol. The highest BCUT2D eigenvalue weighted by molar-refractivity contribution is 5.86. The number of rotatable bonds is 4. The number of phenols is 1. The van der Waals surface area contributed by atoms with Crippen molar-refractivity contribution in [1.29, 1.82) is 0 Å². The molecule has 2 rings (SSSR count). The molecule has 1 amide bonds. The minimum atomic E-state index is -0.578. The molecule has 1 aromatic carbocycles. The molecule has 2 aromatic rings. The van der Waals surface area contributed by atoms with Crippen LogP contribution in [-0.4, -0.2) is 28.6 Å². The van der Waals surface area contributed by atoms with Gasteiger partial charge in [0.05, 0.1) is 6.04 Å². The fourth-order valence-corrected chi connectivity index (χ4v) is 1.97. The van der Waals surface area contributed by atoms with Crippen LogP contribution in [0.4, 0.5) is 0 Å². The molecule has 5 nitrogen and oxygen atoms in total. The van der Waals surface area contributed by atoms with Gasteiger partial charge in [0, 0.05) is 23.6 Å². The summed E-state index contributed by atoms with van der Waals surface area (Å²) < 4.78 is 0. The summed E-state index contributed by atoms with van der Waals surface area (Å²) in [5.74, 6) is 0.0435. The minimum Gasteiger partial charge on any atom is -0.508 e. The second-order valence-electron chi connectivity index (χ2n) is 4.25. The number of H-pyrrole nitrogens is 1. The fraction of sp³-hybridized carbons (Fsp3) is 0.400. The first-order valence-electron chi connectivity index (χ1n) is 6.94. The van der Waals surface area contributed by atoms with Gasteiger partial charge in [-0.05, 0) is 37.1 Å². The van der Waals surface area contributed by atoms with Gasteiger partial charge in [-0.1, -0.05) is 13.8 Å². The van der Waals surface area contributed by atoms with Crippen molar-refractivity contribution in [3.8, 4) is 5.75 Å². The maximum atomic E-state index is 11.6. The van der Waals surface area contributed by atoms with Crippen molar-refractivity contribution in [2.24, 2.45) is 5.73 Å². The summed E-state index contributed by atoms with van der Waals surface area (Å²) in [4.78, 5) is 14.7. The summed E-state index contributed by atoms with van der Waals surface area (Å²) in [5.41, 5.74) is 7.69. The molecule has 0 aliphatic rings. The number of benzene rings is 1. The zero-order valence-corrected chi connectivity index (χ0v) is 12.2. The molecule has 20 heavy (non-hydrogen) atoms. The smallest absolute Gasteiger partial charge is 0.237 e. The van der Waals surface area contributed by atoms with E-state index in [1.165, 1.54) is 0 Å². The fourth-order valence-electron chi connectivity index (χ4n) is 1.97. The molecule has 1 atom stereocenters. The van der Waals surface area contributed by atoms with Gasteiger partial charge in [-0.25, -0.2) is 0 Å². The van der Waals surface area contributed by atoms with E-state index in [2.05, 4.69) is 10.3 Å². The highest BCUT2D eigenvalue weighted by Gasteiger charge is 2.15. The van der Waals surface area contributed by atoms with E-state index in [0.29, 0.717) is 13.0 Å². The Morgan fingerprint density at radius 3 is 2.80 bits per heavy atom. The lowest BCUT2D eigenvalue weighted by Gasteiger charge is -2.10. The Hall–Kier alpha value is -2.01. The number of phenolic OH excluding ortho intramolecular Hbond substituents is 1. The standard InChI is InChI=1S/C13H17N3O2.C2H6/c1-2-15-13(18)11(14)5-8-7-16-12-4-3-9(17)6-10(8)12;1-2/h3-4,6-7,11,16-17H,2,5,14H2,1H3,(H,15,18);1-2H3/t11-;/m0./s1. The number of hydrogen-bond acceptors (Lipinski definition) is 3. The Kier molecular flexibility index (Phi) is 6.06. The molecule has 5 N–H and O–H groups in total. The van der Waals surface area contributed by atoms with E-state index in [1.807, 2.05) is 27.0 Å². The van der Waals surface area contributed by atoms with Gasteiger partial charge in [-0.15, -0.1) is 0 Å². The summed E-state index contributed by atoms with van der Waals surface area (Å²) in [6.45, 7) is 6.43. The number of amides is 1. The van der Waals surface area contributed by atoms with Crippen LogP contribution in [0.3, 0.4) is 0 Å². The molecule has 1 heterocycles. The molecule has 0 saturated heterocycles. The molecule has 0 bridgehead atoms. The number of aromatic hydroxyl groups is 1. The van der Waals surface area contributed by atoms with Crippen LogP contribution < -0.4 is 11.1 Å². The number of fused-ring (bicyclic) bond motifs is 1. The number of carbonyl (C=O) groups excluding carboxylic acids is 1. The number of aromatic amines is 1. The number of nitrogens with two attached hydrogens (primary N) is 1. The van der Waals surface area contributed by atoms with Crippen molar-refractivity contribution in [3.63, 3.8) is 0 Å². The molecule has 0 fully saturated rings. The lowest BCUT2D eigenvalue weighted by molar-refractivity contribution is -0.122. The molecule has 110 valence electrons. The van der Waals surface area contributed by atoms with Gasteiger partial charge in [0.1, 0.15) is 5.75 Å². The third-order valence-corrected chi connectivity index (χ3v) is 2.88. The number of hydrogen-bond donors (Lipinski definition) is 4. The largest absolute Gasteiger partial charge is 0.508 e. The van der Waals surface area contributed by atoms with E-state index in [4.69, 9.17) is 5.73 Å². The normalized spacial score (nSPS) is 11.6. The van der Waals surface area contributed by atoms with Crippen molar-refractivity contribution in [2.75, 3.05) is 6.54 Å². The summed E-state index contributed by atoms with van der Waals surface area (Å²) in [5, 5.41) is 13.1. The molecule has 5 heteroatoms. The topological polar surface area (TPSA) is 91.1 Å². The van der Waals surface area contributed by atoms with Gasteiger partial charge in [-0.3, -0.25) is 4.79 Å². The SMILES string of the molecule is CC.CCNC(=O)[C@@H](N)Cc1c[nH]c2ccc(O)cc12. The Labute approximate surface area is 119 Å². The van der Waals surface area contributed by atoms with Crippen LogP contribution in [-0.2, 0) is 11.2 Å². The molecule has 0 aliphatic carbocycles. The van der Waals surface area contributed by atoms with E-state index in [1.54, 1.807) is 18.2 Å². The molecule has 0 unspecified atom stereocenters. The maximum Gasteiger partial charge on any atom is 0.237 e. The number of aromatic nitrogens is 1. The van der Waals surface area contributed by atoms with E-state index in [0.717, 1.165) is 16.5 Å². The minimum absolute atomic E-state index is 0.160. The van der Waals surface area contributed by atoms with Crippen molar-refractivity contribution in [2.45, 2.75) is 33.2 Å². The van der Waals surface area contributed by atoms with Gasteiger partial charge in [0.15, 0.2) is 0 Å². The summed E-state index contributed by atoms with van der Waals surface area (Å²) in [6, 6.07) is 4.51. The Morgan fingerprint density at radius 2 is 2.15 bits per heavy atom. The van der Waals surface area contributed by atoms with Crippen LogP contribution in [0.15, 0.2) is 24.4 Å². The summed E-state index contributed by atoms with van der Waals surface area (Å²) in [6.07, 6.45) is 2.26. The molecule has 1 aromatic heterocycles. The van der Waals surface area contributed by atoms with Crippen LogP contribution in [0, 0.1) is 0 Å². The van der Waals surface area contributed by atoms with E-state index in [-0.39, 0.29) is 11.7 Å². The Balaban J connectivity index is 0.000000956. The van der Waals surface area contributed by atoms with Crippen molar-refractivity contribution in [3.05, 3.63) is 30.0 Å². The van der Waals surface area contributed by atoms with Gasteiger partial charge >= 0.3 is 0 Å². The van der Waals surface area contributed by atoms with Crippen LogP contribution in [0.25, 0.3) is 10.9 Å². The molecule has 0 radical (unpaired) electrons. The first kappa shape index (κ1) is 16.0. The highest BCUT2D eigenvalue weighted by Crippen LogP contribution is 2.23. The maximum absolute atomic E-state index is 11.6. The lowest BCUT2D eigenvalue weighted by Crippen LogP contribution is -2.41. The van der Waals surface area contributed by atoms with E-state index in [9.17, 15) is 9.90 Å². The van der Waals surface area contributed by atoms with Gasteiger partial charge in [0.25, 0.3) is 0 Å². The molecule has 0 saturated carbocycles. The molecule has 0 spiro atoms. The van der Waals surface area contributed by atoms with Crippen molar-refractivity contribution in [1.82, 2.24) is 10.3 Å². The van der Waals surface area contributed by atoms with Crippen molar-refractivity contribution >= 4 is 16.8 Å². The van der Waals surface area contributed by atoms with Crippen molar-refractivity contribution < 1.29 is 9.90 Å². The predicted molar refractivity (Wildman–Crippen MR) is 81.7 cm³/mol. The lowest BCUT2D eigenvalue weighted by atomic mass is 10.0. The highest BCUT2D eigenvalue weighted by atomic mass is 16.3. The Bertz CT molecular complexity index is 563. The first-order chi connectivity index (χ1) is 9.61. The first-order valence-corrected chi connectivity index (χ1v) is 6.94. The quantitative estimate of drug-likeness (QED) is 0.688. The summed E-state index contributed by atoms with van der Waals surface area (Å²) in [7, 11) is 0. The monoisotopic (exact) mass is 277 g/mol. The molecular formula is C15H23N3O2. The van der Waals surface area contributed by atoms with Gasteiger partial charge in [0.2, 0.25) is 5.91 Å². The second kappa shape index (κ2) is 7.55. The number of carbonyl (C=O) groups is 1. The average Bonchev–Trinajstić information content (AvgIpc) is 2.84. The molecule has 0 aliphatic heterocycles. The predicted octanol–water partition coefficient (Wildman–Crippen LogP) is 1.91. The third-order valence-electron chi connectivity index (χ3n) is 2.88. The van der Waals surface area contributed by atoms with Crippen LogP contribution >= 0.6 is 0 Å². The zero-order chi connectivity index (χ0) is 15.1. The van der Waals surface area contributed by atoms with Crippen LogP contribution in [0.5, 0.6) is 5.75 Å². The number of likely N-dealkylation sites (N-methyl/N-ethyl adjacent to an activating group) is 1. The average molecular weight is 277 g/mol. The third kappa shape index (κ3) is 3.74. The van der Waals surface area contributed by atoms with E-state index < -0.39 is 6.04 Å². The Morgan fingerprint density at radius 1 is 1.45 bits per heavy atom. The van der Waals surface area contributed by atoms with Gasteiger partial charge in [-0.2, -0.15) is 0 Å². The van der Waals surface area contributed by atoms with Gasteiger partial charge < -0.3 is 21.1 Å². The van der Waals surface area contributed by atoms with Crippen LogP contribution in [0.2, 0.25) is 0 Å². The zero-order valence-electron chi connectivity index (χ0n) is 12.2. The summed E-state index contributed by atoms with van der Waals surface area (Å²) >= 11 is 0. The van der Waals surface area contributed by atoms with Crippen LogP contribution in [0.1, 0.15) is 26.3 Å². The number of nitrogens with one attached hydrogen (secondary N) is 2. The second-order valence-corrected chi connectivity index (χ2v) is 4.25.